The molecule has 124 valence electrons. The number of aromatic nitrogens is 1. The second-order valence-corrected chi connectivity index (χ2v) is 6.09. The van der Waals surface area contributed by atoms with Crippen LogP contribution in [0, 0.1) is 11.8 Å². The van der Waals surface area contributed by atoms with Gasteiger partial charge in [-0.15, -0.1) is 0 Å². The SMILES string of the molecule is CCN(CC)c1ccc(N(CC(C)C)CC(C)C(=O)O)cn1. The number of hydrogen-bond acceptors (Lipinski definition) is 4. The highest BCUT2D eigenvalue weighted by molar-refractivity contribution is 5.70. The summed E-state index contributed by atoms with van der Waals surface area (Å²) in [6.45, 7) is 13.4. The average Bonchev–Trinajstić information content (AvgIpc) is 2.48. The Hall–Kier alpha value is -1.78. The minimum absolute atomic E-state index is 0.402. The summed E-state index contributed by atoms with van der Waals surface area (Å²) < 4.78 is 0. The van der Waals surface area contributed by atoms with Gasteiger partial charge < -0.3 is 14.9 Å². The molecular formula is C17H29N3O2. The zero-order valence-electron chi connectivity index (χ0n) is 14.4. The Morgan fingerprint density at radius 3 is 2.18 bits per heavy atom. The van der Waals surface area contributed by atoms with E-state index in [2.05, 4.69) is 42.5 Å². The van der Waals surface area contributed by atoms with Gasteiger partial charge in [0, 0.05) is 26.2 Å². The van der Waals surface area contributed by atoms with Crippen molar-refractivity contribution in [3.05, 3.63) is 18.3 Å². The second kappa shape index (κ2) is 8.61. The molecule has 0 aliphatic carbocycles. The predicted octanol–water partition coefficient (Wildman–Crippen LogP) is 3.11. The van der Waals surface area contributed by atoms with Crippen molar-refractivity contribution >= 4 is 17.5 Å². The van der Waals surface area contributed by atoms with Crippen molar-refractivity contribution in [2.24, 2.45) is 11.8 Å². The summed E-state index contributed by atoms with van der Waals surface area (Å²) in [6.07, 6.45) is 1.85. The predicted molar refractivity (Wildman–Crippen MR) is 91.6 cm³/mol. The lowest BCUT2D eigenvalue weighted by molar-refractivity contribution is -0.140. The number of carboxylic acid groups (broad SMARTS) is 1. The number of anilines is 2. The van der Waals surface area contributed by atoms with Crippen molar-refractivity contribution in [3.8, 4) is 0 Å². The van der Waals surface area contributed by atoms with E-state index < -0.39 is 11.9 Å². The van der Waals surface area contributed by atoms with Crippen LogP contribution in [-0.4, -0.2) is 42.2 Å². The molecule has 1 unspecified atom stereocenters. The van der Waals surface area contributed by atoms with Crippen LogP contribution in [0.5, 0.6) is 0 Å². The van der Waals surface area contributed by atoms with E-state index in [0.29, 0.717) is 12.5 Å². The van der Waals surface area contributed by atoms with Crippen molar-refractivity contribution in [2.45, 2.75) is 34.6 Å². The van der Waals surface area contributed by atoms with Crippen LogP contribution in [0.15, 0.2) is 18.3 Å². The molecule has 22 heavy (non-hydrogen) atoms. The van der Waals surface area contributed by atoms with Crippen molar-refractivity contribution in [3.63, 3.8) is 0 Å². The first-order chi connectivity index (χ1) is 10.4. The van der Waals surface area contributed by atoms with Gasteiger partial charge in [0.25, 0.3) is 0 Å². The molecule has 5 heteroatoms. The minimum atomic E-state index is -0.763. The Morgan fingerprint density at radius 2 is 1.77 bits per heavy atom. The van der Waals surface area contributed by atoms with E-state index in [0.717, 1.165) is 31.1 Å². The molecule has 1 N–H and O–H groups in total. The molecule has 1 aromatic heterocycles. The van der Waals surface area contributed by atoms with E-state index >= 15 is 0 Å². The van der Waals surface area contributed by atoms with E-state index in [4.69, 9.17) is 5.11 Å². The molecule has 1 heterocycles. The Kier molecular flexibility index (Phi) is 7.15. The van der Waals surface area contributed by atoms with Crippen molar-refractivity contribution < 1.29 is 9.90 Å². The summed E-state index contributed by atoms with van der Waals surface area (Å²) in [5, 5.41) is 9.14. The summed E-state index contributed by atoms with van der Waals surface area (Å²) in [4.78, 5) is 20.0. The molecule has 1 atom stereocenters. The third kappa shape index (κ3) is 5.20. The lowest BCUT2D eigenvalue weighted by Gasteiger charge is -2.28. The largest absolute Gasteiger partial charge is 0.481 e. The van der Waals surface area contributed by atoms with Crippen LogP contribution in [-0.2, 0) is 4.79 Å². The zero-order chi connectivity index (χ0) is 16.7. The van der Waals surface area contributed by atoms with Crippen LogP contribution < -0.4 is 9.80 Å². The van der Waals surface area contributed by atoms with E-state index in [1.54, 1.807) is 6.92 Å². The Morgan fingerprint density at radius 1 is 1.14 bits per heavy atom. The molecule has 1 aromatic rings. The van der Waals surface area contributed by atoms with Gasteiger partial charge in [-0.05, 0) is 31.9 Å². The molecule has 0 bridgehead atoms. The Labute approximate surface area is 134 Å². The van der Waals surface area contributed by atoms with Gasteiger partial charge in [-0.1, -0.05) is 20.8 Å². The van der Waals surface area contributed by atoms with Crippen LogP contribution in [0.2, 0.25) is 0 Å². The molecule has 0 saturated heterocycles. The van der Waals surface area contributed by atoms with Crippen LogP contribution in [0.25, 0.3) is 0 Å². The lowest BCUT2D eigenvalue weighted by Crippen LogP contribution is -2.34. The fourth-order valence-corrected chi connectivity index (χ4v) is 2.43. The summed E-state index contributed by atoms with van der Waals surface area (Å²) >= 11 is 0. The second-order valence-electron chi connectivity index (χ2n) is 6.09. The van der Waals surface area contributed by atoms with Gasteiger partial charge in [-0.3, -0.25) is 4.79 Å². The summed E-state index contributed by atoms with van der Waals surface area (Å²) in [5.74, 6) is 0.260. The molecule has 0 saturated carbocycles. The fourth-order valence-electron chi connectivity index (χ4n) is 2.43. The summed E-state index contributed by atoms with van der Waals surface area (Å²) in [6, 6.07) is 4.05. The highest BCUT2D eigenvalue weighted by Crippen LogP contribution is 2.20. The quantitative estimate of drug-likeness (QED) is 0.759. The van der Waals surface area contributed by atoms with Gasteiger partial charge >= 0.3 is 5.97 Å². The maximum atomic E-state index is 11.1. The molecule has 5 nitrogen and oxygen atoms in total. The monoisotopic (exact) mass is 307 g/mol. The molecule has 0 radical (unpaired) electrons. The van der Waals surface area contributed by atoms with Crippen molar-refractivity contribution in [1.29, 1.82) is 0 Å². The molecule has 1 rings (SSSR count). The van der Waals surface area contributed by atoms with Gasteiger partial charge in [-0.2, -0.15) is 0 Å². The number of rotatable bonds is 9. The van der Waals surface area contributed by atoms with E-state index in [1.165, 1.54) is 0 Å². The van der Waals surface area contributed by atoms with Crippen LogP contribution >= 0.6 is 0 Å². The lowest BCUT2D eigenvalue weighted by atomic mass is 10.1. The number of nitrogens with zero attached hydrogens (tertiary/aromatic N) is 3. The normalized spacial score (nSPS) is 12.3. The number of carboxylic acids is 1. The van der Waals surface area contributed by atoms with Gasteiger partial charge in [0.2, 0.25) is 0 Å². The summed E-state index contributed by atoms with van der Waals surface area (Å²) in [5.41, 5.74) is 0.984. The molecule has 0 aliphatic heterocycles. The topological polar surface area (TPSA) is 56.7 Å². The van der Waals surface area contributed by atoms with Gasteiger partial charge in [0.15, 0.2) is 0 Å². The number of aliphatic carboxylic acids is 1. The van der Waals surface area contributed by atoms with Crippen LogP contribution in [0.1, 0.15) is 34.6 Å². The van der Waals surface area contributed by atoms with E-state index in [-0.39, 0.29) is 0 Å². The molecular weight excluding hydrogens is 278 g/mol. The minimum Gasteiger partial charge on any atom is -0.481 e. The van der Waals surface area contributed by atoms with Crippen LogP contribution in [0.4, 0.5) is 11.5 Å². The Balaban J connectivity index is 2.92. The first-order valence-corrected chi connectivity index (χ1v) is 8.07. The maximum absolute atomic E-state index is 11.1. The molecule has 0 aromatic carbocycles. The first-order valence-electron chi connectivity index (χ1n) is 8.07. The number of pyridine rings is 1. The van der Waals surface area contributed by atoms with Crippen molar-refractivity contribution in [1.82, 2.24) is 4.98 Å². The van der Waals surface area contributed by atoms with E-state index in [9.17, 15) is 4.79 Å². The smallest absolute Gasteiger partial charge is 0.308 e. The third-order valence-electron chi connectivity index (χ3n) is 3.69. The first kappa shape index (κ1) is 18.3. The molecule has 0 spiro atoms. The zero-order valence-corrected chi connectivity index (χ0v) is 14.4. The number of carbonyl (C=O) groups is 1. The third-order valence-corrected chi connectivity index (χ3v) is 3.69. The number of hydrogen-bond donors (Lipinski definition) is 1. The van der Waals surface area contributed by atoms with E-state index in [1.807, 2.05) is 18.3 Å². The molecule has 0 fully saturated rings. The highest BCUT2D eigenvalue weighted by Gasteiger charge is 2.18. The molecule has 0 amide bonds. The highest BCUT2D eigenvalue weighted by atomic mass is 16.4. The van der Waals surface area contributed by atoms with Gasteiger partial charge in [0.1, 0.15) is 5.82 Å². The average molecular weight is 307 g/mol. The Bertz CT molecular complexity index is 455. The summed E-state index contributed by atoms with van der Waals surface area (Å²) in [7, 11) is 0. The van der Waals surface area contributed by atoms with Gasteiger partial charge in [0.05, 0.1) is 17.8 Å². The standard InChI is InChI=1S/C17H29N3O2/c1-6-19(7-2)16-9-8-15(10-18-16)20(11-13(3)4)12-14(5)17(21)22/h8-10,13-14H,6-7,11-12H2,1-5H3,(H,21,22). The molecule has 0 aliphatic rings. The fraction of sp³-hybridized carbons (Fsp3) is 0.647. The van der Waals surface area contributed by atoms with Crippen LogP contribution in [0.3, 0.4) is 0 Å². The maximum Gasteiger partial charge on any atom is 0.308 e. The van der Waals surface area contributed by atoms with Gasteiger partial charge in [-0.25, -0.2) is 4.98 Å². The van der Waals surface area contributed by atoms with Crippen molar-refractivity contribution in [2.75, 3.05) is 36.0 Å².